The van der Waals surface area contributed by atoms with Crippen LogP contribution >= 0.6 is 0 Å². The Hall–Kier alpha value is -0.990. The molecule has 106 valence electrons. The Morgan fingerprint density at radius 1 is 1.11 bits per heavy atom. The molecule has 1 aromatic heterocycles. The van der Waals surface area contributed by atoms with E-state index in [9.17, 15) is 0 Å². The van der Waals surface area contributed by atoms with Crippen molar-refractivity contribution in [3.8, 4) is 0 Å². The molecule has 0 bridgehead atoms. The van der Waals surface area contributed by atoms with E-state index in [4.69, 9.17) is 0 Å². The number of aromatic nitrogens is 2. The highest BCUT2D eigenvalue weighted by Gasteiger charge is 2.22. The zero-order chi connectivity index (χ0) is 13.1. The summed E-state index contributed by atoms with van der Waals surface area (Å²) >= 11 is 0. The Bertz CT molecular complexity index is 392. The van der Waals surface area contributed by atoms with E-state index in [1.165, 1.54) is 57.8 Å². The largest absolute Gasteiger partial charge is 0.353 e. The third-order valence-electron chi connectivity index (χ3n) is 4.91. The number of anilines is 1. The number of nitrogens with one attached hydrogen (secondary N) is 1. The number of rotatable bonds is 3. The fourth-order valence-corrected chi connectivity index (χ4v) is 3.83. The van der Waals surface area contributed by atoms with Gasteiger partial charge in [-0.05, 0) is 31.6 Å². The van der Waals surface area contributed by atoms with E-state index in [1.54, 1.807) is 0 Å². The van der Waals surface area contributed by atoms with Gasteiger partial charge in [-0.3, -0.25) is 0 Å². The van der Waals surface area contributed by atoms with Gasteiger partial charge in [-0.15, -0.1) is 0 Å². The van der Waals surface area contributed by atoms with Gasteiger partial charge in [0.25, 0.3) is 0 Å². The minimum Gasteiger partial charge on any atom is -0.353 e. The van der Waals surface area contributed by atoms with Crippen molar-refractivity contribution in [2.75, 3.05) is 5.32 Å². The van der Waals surface area contributed by atoms with Gasteiger partial charge in [0.15, 0.2) is 0 Å². The smallest absolute Gasteiger partial charge is 0.203 e. The van der Waals surface area contributed by atoms with Crippen LogP contribution in [0.4, 0.5) is 5.95 Å². The topological polar surface area (TPSA) is 29.9 Å². The molecule has 2 aliphatic rings. The molecule has 2 saturated carbocycles. The third-order valence-corrected chi connectivity index (χ3v) is 4.91. The standard InChI is InChI=1S/C16H27N3/c1-13-6-5-7-14(12-13)18-16-17-10-11-19(16)15-8-3-2-4-9-15/h10-11,13-15H,2-9,12H2,1H3,(H,17,18). The van der Waals surface area contributed by atoms with Crippen molar-refractivity contribution in [2.24, 2.45) is 5.92 Å². The predicted molar refractivity (Wildman–Crippen MR) is 79.4 cm³/mol. The molecule has 1 heterocycles. The van der Waals surface area contributed by atoms with Crippen molar-refractivity contribution >= 4 is 5.95 Å². The lowest BCUT2D eigenvalue weighted by atomic mass is 9.87. The normalized spacial score (nSPS) is 29.3. The molecule has 0 spiro atoms. The summed E-state index contributed by atoms with van der Waals surface area (Å²) in [6.07, 6.45) is 16.3. The average molecular weight is 261 g/mol. The molecule has 3 heteroatoms. The summed E-state index contributed by atoms with van der Waals surface area (Å²) in [7, 11) is 0. The number of hydrogen-bond donors (Lipinski definition) is 1. The summed E-state index contributed by atoms with van der Waals surface area (Å²) in [5.74, 6) is 1.98. The summed E-state index contributed by atoms with van der Waals surface area (Å²) in [6.45, 7) is 2.38. The molecule has 0 amide bonds. The van der Waals surface area contributed by atoms with Gasteiger partial charge in [0.2, 0.25) is 5.95 Å². The van der Waals surface area contributed by atoms with Crippen molar-refractivity contribution in [1.82, 2.24) is 9.55 Å². The SMILES string of the molecule is CC1CCCC(Nc2nccn2C2CCCCC2)C1. The first-order valence-electron chi connectivity index (χ1n) is 8.12. The van der Waals surface area contributed by atoms with Crippen LogP contribution in [0.25, 0.3) is 0 Å². The second-order valence-corrected chi connectivity index (χ2v) is 6.56. The predicted octanol–water partition coefficient (Wildman–Crippen LogP) is 4.38. The average Bonchev–Trinajstić information content (AvgIpc) is 2.88. The highest BCUT2D eigenvalue weighted by atomic mass is 15.2. The molecule has 2 fully saturated rings. The van der Waals surface area contributed by atoms with Gasteiger partial charge in [0.1, 0.15) is 0 Å². The quantitative estimate of drug-likeness (QED) is 0.875. The molecule has 0 aromatic carbocycles. The Labute approximate surface area is 116 Å². The minimum atomic E-state index is 0.633. The lowest BCUT2D eigenvalue weighted by Gasteiger charge is -2.30. The Morgan fingerprint density at radius 3 is 2.74 bits per heavy atom. The van der Waals surface area contributed by atoms with E-state index in [2.05, 4.69) is 28.0 Å². The van der Waals surface area contributed by atoms with E-state index in [1.807, 2.05) is 6.20 Å². The summed E-state index contributed by atoms with van der Waals surface area (Å²) < 4.78 is 2.40. The first-order chi connectivity index (χ1) is 9.33. The first kappa shape index (κ1) is 13.0. The van der Waals surface area contributed by atoms with E-state index >= 15 is 0 Å². The number of hydrogen-bond acceptors (Lipinski definition) is 2. The molecule has 3 rings (SSSR count). The van der Waals surface area contributed by atoms with Crippen LogP contribution in [0, 0.1) is 5.92 Å². The zero-order valence-electron chi connectivity index (χ0n) is 12.1. The van der Waals surface area contributed by atoms with Crippen LogP contribution in [0.1, 0.15) is 70.8 Å². The molecule has 1 N–H and O–H groups in total. The van der Waals surface area contributed by atoms with Crippen LogP contribution in [0.15, 0.2) is 12.4 Å². The Kier molecular flexibility index (Phi) is 4.09. The van der Waals surface area contributed by atoms with Crippen LogP contribution in [0.2, 0.25) is 0 Å². The molecule has 19 heavy (non-hydrogen) atoms. The van der Waals surface area contributed by atoms with Crippen molar-refractivity contribution in [3.05, 3.63) is 12.4 Å². The van der Waals surface area contributed by atoms with Gasteiger partial charge < -0.3 is 9.88 Å². The van der Waals surface area contributed by atoms with E-state index in [0.29, 0.717) is 12.1 Å². The van der Waals surface area contributed by atoms with Crippen LogP contribution in [0.5, 0.6) is 0 Å². The van der Waals surface area contributed by atoms with E-state index in [0.717, 1.165) is 11.9 Å². The number of imidazole rings is 1. The van der Waals surface area contributed by atoms with Crippen molar-refractivity contribution in [2.45, 2.75) is 76.8 Å². The second-order valence-electron chi connectivity index (χ2n) is 6.56. The molecule has 0 saturated heterocycles. The first-order valence-corrected chi connectivity index (χ1v) is 8.12. The highest BCUT2D eigenvalue weighted by molar-refractivity contribution is 5.28. The molecule has 2 unspecified atom stereocenters. The highest BCUT2D eigenvalue weighted by Crippen LogP contribution is 2.31. The van der Waals surface area contributed by atoms with Gasteiger partial charge in [-0.2, -0.15) is 0 Å². The van der Waals surface area contributed by atoms with Gasteiger partial charge in [-0.1, -0.05) is 39.0 Å². The molecular formula is C16H27N3. The van der Waals surface area contributed by atoms with Crippen molar-refractivity contribution < 1.29 is 0 Å². The van der Waals surface area contributed by atoms with Crippen LogP contribution < -0.4 is 5.32 Å². The minimum absolute atomic E-state index is 0.633. The Balaban J connectivity index is 1.65. The van der Waals surface area contributed by atoms with Crippen molar-refractivity contribution in [1.29, 1.82) is 0 Å². The third kappa shape index (κ3) is 3.13. The molecular weight excluding hydrogens is 234 g/mol. The maximum Gasteiger partial charge on any atom is 0.203 e. The summed E-state index contributed by atoms with van der Waals surface area (Å²) in [5, 5.41) is 3.71. The molecule has 2 atom stereocenters. The maximum atomic E-state index is 4.56. The monoisotopic (exact) mass is 261 g/mol. The fraction of sp³-hybridized carbons (Fsp3) is 0.812. The lowest BCUT2D eigenvalue weighted by Crippen LogP contribution is -2.28. The zero-order valence-corrected chi connectivity index (χ0v) is 12.1. The van der Waals surface area contributed by atoms with Gasteiger partial charge in [0, 0.05) is 24.5 Å². The Morgan fingerprint density at radius 2 is 1.95 bits per heavy atom. The molecule has 2 aliphatic carbocycles. The van der Waals surface area contributed by atoms with E-state index in [-0.39, 0.29) is 0 Å². The fourth-order valence-electron chi connectivity index (χ4n) is 3.83. The van der Waals surface area contributed by atoms with Gasteiger partial charge in [0.05, 0.1) is 0 Å². The summed E-state index contributed by atoms with van der Waals surface area (Å²) in [4.78, 5) is 4.56. The molecule has 0 aliphatic heterocycles. The van der Waals surface area contributed by atoms with Gasteiger partial charge >= 0.3 is 0 Å². The molecule has 1 aromatic rings. The summed E-state index contributed by atoms with van der Waals surface area (Å²) in [6, 6.07) is 1.31. The lowest BCUT2D eigenvalue weighted by molar-refractivity contribution is 0.343. The second kappa shape index (κ2) is 5.98. The van der Waals surface area contributed by atoms with E-state index < -0.39 is 0 Å². The maximum absolute atomic E-state index is 4.56. The van der Waals surface area contributed by atoms with Crippen molar-refractivity contribution in [3.63, 3.8) is 0 Å². The molecule has 0 radical (unpaired) electrons. The van der Waals surface area contributed by atoms with Crippen LogP contribution in [0.3, 0.4) is 0 Å². The van der Waals surface area contributed by atoms with Gasteiger partial charge in [-0.25, -0.2) is 4.98 Å². The van der Waals surface area contributed by atoms with Crippen LogP contribution in [-0.4, -0.2) is 15.6 Å². The van der Waals surface area contributed by atoms with Crippen LogP contribution in [-0.2, 0) is 0 Å². The summed E-state index contributed by atoms with van der Waals surface area (Å²) in [5.41, 5.74) is 0. The molecule has 3 nitrogen and oxygen atoms in total. The number of nitrogens with zero attached hydrogens (tertiary/aromatic N) is 2.